The van der Waals surface area contributed by atoms with E-state index < -0.39 is 49.5 Å². The molecule has 1 amide bonds. The van der Waals surface area contributed by atoms with Crippen molar-refractivity contribution < 1.29 is 39.8 Å². The Bertz CT molecular complexity index is 1180. The van der Waals surface area contributed by atoms with Crippen molar-refractivity contribution in [3.05, 3.63) is 60.8 Å². The van der Waals surface area contributed by atoms with Crippen molar-refractivity contribution in [3.63, 3.8) is 0 Å². The largest absolute Gasteiger partial charge is 0.394 e. The number of carbonyl (C=O) groups is 1. The molecule has 0 radical (unpaired) electrons. The van der Waals surface area contributed by atoms with E-state index in [0.717, 1.165) is 64.2 Å². The minimum atomic E-state index is -1.58. The predicted octanol–water partition coefficient (Wildman–Crippen LogP) is 12.3. The van der Waals surface area contributed by atoms with Crippen molar-refractivity contribution in [3.8, 4) is 0 Å². The van der Waals surface area contributed by atoms with Crippen LogP contribution in [0.2, 0.25) is 0 Å². The second-order valence-electron chi connectivity index (χ2n) is 18.3. The summed E-state index contributed by atoms with van der Waals surface area (Å²) in [6, 6.07) is -0.834. The third-order valence-electron chi connectivity index (χ3n) is 12.3. The Morgan fingerprint density at radius 2 is 0.938 bits per heavy atom. The average Bonchev–Trinajstić information content (AvgIpc) is 3.29. The molecule has 0 aromatic rings. The van der Waals surface area contributed by atoms with Gasteiger partial charge in [-0.1, -0.05) is 203 Å². The van der Waals surface area contributed by atoms with E-state index in [2.05, 4.69) is 67.8 Å². The number of hydrogen-bond acceptors (Lipinski definition) is 8. The van der Waals surface area contributed by atoms with Gasteiger partial charge in [0.25, 0.3) is 0 Å². The molecule has 372 valence electrons. The summed E-state index contributed by atoms with van der Waals surface area (Å²) in [7, 11) is 0. The number of unbranched alkanes of at least 4 members (excludes halogenated alkanes) is 26. The van der Waals surface area contributed by atoms with Gasteiger partial charge in [0.05, 0.1) is 25.4 Å². The fourth-order valence-electron chi connectivity index (χ4n) is 8.04. The van der Waals surface area contributed by atoms with Crippen molar-refractivity contribution in [2.45, 2.75) is 269 Å². The van der Waals surface area contributed by atoms with Gasteiger partial charge in [-0.25, -0.2) is 0 Å². The number of ether oxygens (including phenoxy) is 2. The van der Waals surface area contributed by atoms with Crippen LogP contribution in [0, 0.1) is 0 Å². The molecule has 1 saturated heterocycles. The van der Waals surface area contributed by atoms with Crippen molar-refractivity contribution in [1.29, 1.82) is 0 Å². The summed E-state index contributed by atoms with van der Waals surface area (Å²) >= 11 is 0. The van der Waals surface area contributed by atoms with Gasteiger partial charge < -0.3 is 40.3 Å². The van der Waals surface area contributed by atoms with Gasteiger partial charge in [-0.3, -0.25) is 4.79 Å². The number of aliphatic hydroxyl groups excluding tert-OH is 5. The van der Waals surface area contributed by atoms with Crippen molar-refractivity contribution in [2.75, 3.05) is 13.2 Å². The summed E-state index contributed by atoms with van der Waals surface area (Å²) < 4.78 is 11.2. The molecule has 9 heteroatoms. The highest BCUT2D eigenvalue weighted by Crippen LogP contribution is 2.23. The quantitative estimate of drug-likeness (QED) is 0.0262. The number of aliphatic hydroxyl groups is 5. The molecule has 7 unspecified atom stereocenters. The molecule has 1 heterocycles. The minimum absolute atomic E-state index is 0.200. The zero-order chi connectivity index (χ0) is 46.6. The van der Waals surface area contributed by atoms with Gasteiger partial charge >= 0.3 is 0 Å². The number of carbonyl (C=O) groups excluding carboxylic acids is 1. The van der Waals surface area contributed by atoms with Crippen molar-refractivity contribution in [2.24, 2.45) is 0 Å². The Kier molecular flexibility index (Phi) is 41.9. The first-order valence-corrected chi connectivity index (χ1v) is 26.5. The summed E-state index contributed by atoms with van der Waals surface area (Å²) in [6.45, 7) is 3.74. The lowest BCUT2D eigenvalue weighted by atomic mass is 9.99. The van der Waals surface area contributed by atoms with Crippen LogP contribution < -0.4 is 5.32 Å². The van der Waals surface area contributed by atoms with Gasteiger partial charge in [-0.2, -0.15) is 0 Å². The standard InChI is InChI=1S/C55H99NO8/c1-3-5-7-9-11-13-15-17-19-21-23-24-25-26-27-28-30-32-34-36-38-40-42-44-49(58)48(47-63-55-54(62)53(61)52(60)50(46-57)64-55)56-51(59)45-43-41-39-37-35-33-31-29-22-20-18-16-14-12-10-8-6-4-2/h14,16,20,22,27-28,34,36,42,44,48-50,52-55,57-58,60-62H,3-13,15,17-19,21,23-26,29-33,35,37-41,43,45-47H2,1-2H3,(H,56,59)/b16-14-,22-20-,28-27+,36-34+,44-42+. The Hall–Kier alpha value is -2.11. The molecule has 1 fully saturated rings. The molecule has 64 heavy (non-hydrogen) atoms. The van der Waals surface area contributed by atoms with Crippen LogP contribution in [-0.2, 0) is 14.3 Å². The lowest BCUT2D eigenvalue weighted by Gasteiger charge is -2.40. The van der Waals surface area contributed by atoms with Gasteiger partial charge in [0.1, 0.15) is 24.4 Å². The molecule has 0 aromatic carbocycles. The van der Waals surface area contributed by atoms with E-state index >= 15 is 0 Å². The number of hydrogen-bond donors (Lipinski definition) is 6. The predicted molar refractivity (Wildman–Crippen MR) is 267 cm³/mol. The summed E-state index contributed by atoms with van der Waals surface area (Å²) in [5.74, 6) is -0.200. The van der Waals surface area contributed by atoms with E-state index in [1.54, 1.807) is 6.08 Å². The summed E-state index contributed by atoms with van der Waals surface area (Å²) in [4.78, 5) is 13.0. The molecule has 1 aliphatic heterocycles. The first-order chi connectivity index (χ1) is 31.3. The van der Waals surface area contributed by atoms with Crippen LogP contribution in [-0.4, -0.2) is 87.5 Å². The minimum Gasteiger partial charge on any atom is -0.394 e. The van der Waals surface area contributed by atoms with Crippen LogP contribution in [0.3, 0.4) is 0 Å². The first-order valence-electron chi connectivity index (χ1n) is 26.5. The van der Waals surface area contributed by atoms with Crippen molar-refractivity contribution in [1.82, 2.24) is 5.32 Å². The number of rotatable bonds is 44. The van der Waals surface area contributed by atoms with E-state index in [9.17, 15) is 30.3 Å². The fraction of sp³-hybridized carbons (Fsp3) is 0.800. The molecule has 0 aromatic heterocycles. The molecule has 1 rings (SSSR count). The molecule has 0 spiro atoms. The maximum absolute atomic E-state index is 13.0. The lowest BCUT2D eigenvalue weighted by molar-refractivity contribution is -0.302. The van der Waals surface area contributed by atoms with E-state index in [-0.39, 0.29) is 12.5 Å². The Morgan fingerprint density at radius 1 is 0.531 bits per heavy atom. The van der Waals surface area contributed by atoms with Gasteiger partial charge in [-0.05, 0) is 77.0 Å². The smallest absolute Gasteiger partial charge is 0.220 e. The Balaban J connectivity index is 2.33. The third-order valence-corrected chi connectivity index (χ3v) is 12.3. The van der Waals surface area contributed by atoms with Crippen LogP contribution in [0.25, 0.3) is 0 Å². The average molecular weight is 902 g/mol. The molecular formula is C55H99NO8. The SMILES string of the molecule is CCCCCC/C=C\C/C=C\CCCCCCCCCC(=O)NC(COC1OC(CO)C(O)C(O)C1O)C(O)/C=C/CC/C=C/CC/C=C/CCCCCCCCCCCCCCC. The molecule has 0 saturated carbocycles. The normalized spacial score (nSPS) is 20.5. The van der Waals surface area contributed by atoms with Crippen LogP contribution in [0.5, 0.6) is 0 Å². The van der Waals surface area contributed by atoms with E-state index in [4.69, 9.17) is 9.47 Å². The second kappa shape index (κ2) is 44.7. The second-order valence-corrected chi connectivity index (χ2v) is 18.3. The molecule has 7 atom stereocenters. The molecule has 0 bridgehead atoms. The van der Waals surface area contributed by atoms with E-state index in [1.807, 2.05) is 6.08 Å². The molecule has 1 aliphatic rings. The lowest BCUT2D eigenvalue weighted by Crippen LogP contribution is -2.60. The summed E-state index contributed by atoms with van der Waals surface area (Å²) in [6.07, 6.45) is 52.7. The van der Waals surface area contributed by atoms with E-state index in [0.29, 0.717) is 6.42 Å². The fourth-order valence-corrected chi connectivity index (χ4v) is 8.04. The van der Waals surface area contributed by atoms with Crippen LogP contribution in [0.1, 0.15) is 226 Å². The topological polar surface area (TPSA) is 149 Å². The van der Waals surface area contributed by atoms with Crippen LogP contribution >= 0.6 is 0 Å². The summed E-state index contributed by atoms with van der Waals surface area (Å²) in [5.41, 5.74) is 0. The molecular weight excluding hydrogens is 803 g/mol. The number of allylic oxidation sites excluding steroid dienone is 9. The zero-order valence-electron chi connectivity index (χ0n) is 41.0. The van der Waals surface area contributed by atoms with Gasteiger partial charge in [0, 0.05) is 6.42 Å². The highest BCUT2D eigenvalue weighted by atomic mass is 16.7. The molecule has 0 aliphatic carbocycles. The number of nitrogens with one attached hydrogen (secondary N) is 1. The third kappa shape index (κ3) is 34.2. The first kappa shape index (κ1) is 59.9. The zero-order valence-corrected chi connectivity index (χ0v) is 41.0. The highest BCUT2D eigenvalue weighted by Gasteiger charge is 2.44. The Labute approximate surface area is 392 Å². The Morgan fingerprint density at radius 3 is 1.42 bits per heavy atom. The van der Waals surface area contributed by atoms with Gasteiger partial charge in [-0.15, -0.1) is 0 Å². The van der Waals surface area contributed by atoms with Crippen LogP contribution in [0.4, 0.5) is 0 Å². The van der Waals surface area contributed by atoms with Gasteiger partial charge in [0.15, 0.2) is 6.29 Å². The molecule has 9 nitrogen and oxygen atoms in total. The maximum atomic E-state index is 13.0. The van der Waals surface area contributed by atoms with E-state index in [1.165, 1.54) is 141 Å². The van der Waals surface area contributed by atoms with Gasteiger partial charge in [0.2, 0.25) is 5.91 Å². The van der Waals surface area contributed by atoms with Crippen molar-refractivity contribution >= 4 is 5.91 Å². The highest BCUT2D eigenvalue weighted by molar-refractivity contribution is 5.76. The summed E-state index contributed by atoms with van der Waals surface area (Å²) in [5, 5.41) is 54.4. The van der Waals surface area contributed by atoms with Crippen LogP contribution in [0.15, 0.2) is 60.8 Å². The maximum Gasteiger partial charge on any atom is 0.220 e. The number of amides is 1. The monoisotopic (exact) mass is 902 g/mol. The molecule has 6 N–H and O–H groups in total.